The van der Waals surface area contributed by atoms with Crippen LogP contribution in [-0.4, -0.2) is 46.2 Å². The van der Waals surface area contributed by atoms with E-state index in [1.165, 1.54) is 7.11 Å². The van der Waals surface area contributed by atoms with E-state index in [-0.39, 0.29) is 5.97 Å². The van der Waals surface area contributed by atoms with Crippen molar-refractivity contribution in [2.24, 2.45) is 0 Å². The van der Waals surface area contributed by atoms with Crippen molar-refractivity contribution in [3.05, 3.63) is 48.6 Å². The molecule has 0 aliphatic rings. The Morgan fingerprint density at radius 2 is 1.67 bits per heavy atom. The van der Waals surface area contributed by atoms with Gasteiger partial charge in [-0.05, 0) is 26.2 Å². The summed E-state index contributed by atoms with van der Waals surface area (Å²) in [6, 6.07) is 0. The van der Waals surface area contributed by atoms with Gasteiger partial charge in [-0.2, -0.15) is 0 Å². The molecule has 5 heteroatoms. The van der Waals surface area contributed by atoms with E-state index in [0.29, 0.717) is 25.7 Å². The predicted molar refractivity (Wildman–Crippen MR) is 109 cm³/mol. The topological polar surface area (TPSA) is 87.0 Å². The molecule has 0 aliphatic carbocycles. The first-order chi connectivity index (χ1) is 12.8. The molecule has 1 unspecified atom stereocenters. The molecule has 3 atom stereocenters. The quantitative estimate of drug-likeness (QED) is 0.243. The standard InChI is InChI=1S/C22H36O5/c1-4-5-10-14-19(23)20(24)15-11-8-6-7-9-12-17-22(2,26)18-13-16-21(25)27-3/h6-9,11-12,15,17,19-20,23-24,26H,4-5,10,13-14,16,18H2,1-3H3/t19-,20+,22?/m0/s1. The molecule has 0 bridgehead atoms. The lowest BCUT2D eigenvalue weighted by atomic mass is 9.98. The molecule has 5 nitrogen and oxygen atoms in total. The van der Waals surface area contributed by atoms with Gasteiger partial charge in [0.25, 0.3) is 0 Å². The van der Waals surface area contributed by atoms with Crippen LogP contribution in [0.4, 0.5) is 0 Å². The van der Waals surface area contributed by atoms with E-state index in [9.17, 15) is 20.1 Å². The van der Waals surface area contributed by atoms with Crippen LogP contribution in [-0.2, 0) is 9.53 Å². The van der Waals surface area contributed by atoms with E-state index < -0.39 is 17.8 Å². The number of aliphatic hydroxyl groups is 3. The minimum Gasteiger partial charge on any atom is -0.469 e. The molecule has 0 aliphatic heterocycles. The number of ether oxygens (including phenoxy) is 1. The number of esters is 1. The molecule has 154 valence electrons. The highest BCUT2D eigenvalue weighted by atomic mass is 16.5. The van der Waals surface area contributed by atoms with Crippen molar-refractivity contribution in [2.75, 3.05) is 7.11 Å². The average Bonchev–Trinajstić information content (AvgIpc) is 2.63. The Bertz CT molecular complexity index is 503. The van der Waals surface area contributed by atoms with Crippen molar-refractivity contribution in [2.45, 2.75) is 76.6 Å². The summed E-state index contributed by atoms with van der Waals surface area (Å²) in [4.78, 5) is 11.0. The van der Waals surface area contributed by atoms with Crippen molar-refractivity contribution >= 4 is 5.97 Å². The summed E-state index contributed by atoms with van der Waals surface area (Å²) < 4.78 is 4.57. The SMILES string of the molecule is CCCCC[C@H](O)[C@H](O)C=CC=CC=CC=CC(C)(O)CCCC(=O)OC. The van der Waals surface area contributed by atoms with Gasteiger partial charge in [-0.25, -0.2) is 0 Å². The largest absolute Gasteiger partial charge is 0.469 e. The molecule has 0 heterocycles. The number of aliphatic hydroxyl groups excluding tert-OH is 2. The molecule has 0 aromatic carbocycles. The first-order valence-electron chi connectivity index (χ1n) is 9.67. The molecule has 0 rings (SSSR count). The molecule has 0 aromatic heterocycles. The maximum Gasteiger partial charge on any atom is 0.305 e. The predicted octanol–water partition coefficient (Wildman–Crippen LogP) is 3.61. The van der Waals surface area contributed by atoms with Gasteiger partial charge in [0.1, 0.15) is 0 Å². The fourth-order valence-corrected chi connectivity index (χ4v) is 2.38. The Labute approximate surface area is 163 Å². The highest BCUT2D eigenvalue weighted by Gasteiger charge is 2.16. The van der Waals surface area contributed by atoms with Crippen LogP contribution >= 0.6 is 0 Å². The van der Waals surface area contributed by atoms with E-state index in [1.807, 2.05) is 0 Å². The zero-order valence-corrected chi connectivity index (χ0v) is 16.9. The van der Waals surface area contributed by atoms with Crippen LogP contribution in [0.2, 0.25) is 0 Å². The lowest BCUT2D eigenvalue weighted by Crippen LogP contribution is -2.23. The summed E-state index contributed by atoms with van der Waals surface area (Å²) in [5.74, 6) is -0.272. The van der Waals surface area contributed by atoms with Gasteiger partial charge in [-0.1, -0.05) is 74.8 Å². The monoisotopic (exact) mass is 380 g/mol. The summed E-state index contributed by atoms with van der Waals surface area (Å²) in [5.41, 5.74) is -0.972. The third-order valence-corrected chi connectivity index (χ3v) is 4.11. The smallest absolute Gasteiger partial charge is 0.305 e. The molecular weight excluding hydrogens is 344 g/mol. The van der Waals surface area contributed by atoms with Gasteiger partial charge in [0.2, 0.25) is 0 Å². The summed E-state index contributed by atoms with van der Waals surface area (Å²) in [7, 11) is 1.35. The summed E-state index contributed by atoms with van der Waals surface area (Å²) in [5, 5.41) is 29.8. The fraction of sp³-hybridized carbons (Fsp3) is 0.591. The number of allylic oxidation sites excluding steroid dienone is 6. The Balaban J connectivity index is 4.14. The number of methoxy groups -OCH3 is 1. The average molecular weight is 381 g/mol. The summed E-state index contributed by atoms with van der Waals surface area (Å²) >= 11 is 0. The zero-order valence-electron chi connectivity index (χ0n) is 16.9. The maximum atomic E-state index is 11.0. The van der Waals surface area contributed by atoms with Crippen molar-refractivity contribution in [1.82, 2.24) is 0 Å². The van der Waals surface area contributed by atoms with E-state index in [2.05, 4.69) is 11.7 Å². The molecular formula is C22H36O5. The third kappa shape index (κ3) is 15.1. The van der Waals surface area contributed by atoms with Crippen molar-refractivity contribution in [3.8, 4) is 0 Å². The molecule has 0 fully saturated rings. The van der Waals surface area contributed by atoms with Crippen LogP contribution < -0.4 is 0 Å². The normalized spacial score (nSPS) is 17.1. The van der Waals surface area contributed by atoms with Gasteiger partial charge in [-0.3, -0.25) is 4.79 Å². The molecule has 27 heavy (non-hydrogen) atoms. The van der Waals surface area contributed by atoms with E-state index in [4.69, 9.17) is 0 Å². The molecule has 0 saturated carbocycles. The van der Waals surface area contributed by atoms with Crippen LogP contribution in [0.1, 0.15) is 58.8 Å². The van der Waals surface area contributed by atoms with Crippen molar-refractivity contribution < 1.29 is 24.9 Å². The van der Waals surface area contributed by atoms with Crippen LogP contribution in [0.3, 0.4) is 0 Å². The molecule has 0 radical (unpaired) electrons. The summed E-state index contributed by atoms with van der Waals surface area (Å²) in [6.45, 7) is 3.79. The van der Waals surface area contributed by atoms with Crippen LogP contribution in [0.5, 0.6) is 0 Å². The molecule has 0 spiro atoms. The Morgan fingerprint density at radius 3 is 2.30 bits per heavy atom. The number of unbranched alkanes of at least 4 members (excludes halogenated alkanes) is 2. The lowest BCUT2D eigenvalue weighted by molar-refractivity contribution is -0.140. The minimum absolute atomic E-state index is 0.272. The maximum absolute atomic E-state index is 11.0. The highest BCUT2D eigenvalue weighted by molar-refractivity contribution is 5.69. The molecule has 3 N–H and O–H groups in total. The van der Waals surface area contributed by atoms with Crippen LogP contribution in [0.25, 0.3) is 0 Å². The Morgan fingerprint density at radius 1 is 1.04 bits per heavy atom. The first-order valence-corrected chi connectivity index (χ1v) is 9.67. The number of carbonyl (C=O) groups excluding carboxylic acids is 1. The van der Waals surface area contributed by atoms with Crippen LogP contribution in [0.15, 0.2) is 48.6 Å². The molecule has 0 amide bonds. The van der Waals surface area contributed by atoms with Gasteiger partial charge in [0.15, 0.2) is 0 Å². The van der Waals surface area contributed by atoms with Gasteiger partial charge in [-0.15, -0.1) is 0 Å². The van der Waals surface area contributed by atoms with Crippen molar-refractivity contribution in [1.29, 1.82) is 0 Å². The Kier molecular flexibility index (Phi) is 14.4. The highest BCUT2D eigenvalue weighted by Crippen LogP contribution is 2.15. The van der Waals surface area contributed by atoms with Gasteiger partial charge in [0, 0.05) is 6.42 Å². The summed E-state index contributed by atoms with van der Waals surface area (Å²) in [6.07, 6.45) is 17.3. The zero-order chi connectivity index (χ0) is 20.5. The first kappa shape index (κ1) is 25.3. The number of hydrogen-bond acceptors (Lipinski definition) is 5. The minimum atomic E-state index is -0.972. The van der Waals surface area contributed by atoms with E-state index >= 15 is 0 Å². The van der Waals surface area contributed by atoms with Gasteiger partial charge < -0.3 is 20.1 Å². The van der Waals surface area contributed by atoms with Crippen LogP contribution in [0, 0.1) is 0 Å². The number of hydrogen-bond donors (Lipinski definition) is 3. The second kappa shape index (κ2) is 15.4. The van der Waals surface area contributed by atoms with E-state index in [1.54, 1.807) is 55.5 Å². The Hall–Kier alpha value is -1.69. The van der Waals surface area contributed by atoms with Gasteiger partial charge in [0.05, 0.1) is 24.9 Å². The van der Waals surface area contributed by atoms with E-state index in [0.717, 1.165) is 19.3 Å². The number of carbonyl (C=O) groups is 1. The second-order valence-electron chi connectivity index (χ2n) is 6.85. The fourth-order valence-electron chi connectivity index (χ4n) is 2.38. The molecule has 0 aromatic rings. The lowest BCUT2D eigenvalue weighted by Gasteiger charge is -2.17. The van der Waals surface area contributed by atoms with Crippen molar-refractivity contribution in [3.63, 3.8) is 0 Å². The van der Waals surface area contributed by atoms with Gasteiger partial charge >= 0.3 is 5.97 Å². The number of rotatable bonds is 14. The molecule has 0 saturated heterocycles. The third-order valence-electron chi connectivity index (χ3n) is 4.11. The second-order valence-corrected chi connectivity index (χ2v) is 6.85.